The molecular formula is C18H23N5O2. The molecule has 7 heteroatoms. The molecule has 0 saturated carbocycles. The Morgan fingerprint density at radius 1 is 1.32 bits per heavy atom. The predicted molar refractivity (Wildman–Crippen MR) is 99.3 cm³/mol. The number of anilines is 2. The van der Waals surface area contributed by atoms with Crippen molar-refractivity contribution in [1.29, 1.82) is 5.41 Å². The number of nitrogens with zero attached hydrogens (tertiary/aromatic N) is 1. The minimum atomic E-state index is -1.15. The van der Waals surface area contributed by atoms with Gasteiger partial charge in [0.2, 0.25) is 0 Å². The predicted octanol–water partition coefficient (Wildman–Crippen LogP) is 2.75. The van der Waals surface area contributed by atoms with Crippen LogP contribution >= 0.6 is 0 Å². The van der Waals surface area contributed by atoms with Gasteiger partial charge in [-0.2, -0.15) is 0 Å². The maximum Gasteiger partial charge on any atom is 0.320 e. The smallest absolute Gasteiger partial charge is 0.320 e. The molecule has 25 heavy (non-hydrogen) atoms. The molecule has 0 aliphatic heterocycles. The van der Waals surface area contributed by atoms with E-state index < -0.39 is 17.7 Å². The lowest BCUT2D eigenvalue weighted by molar-refractivity contribution is 0.0415. The molecular weight excluding hydrogens is 318 g/mol. The second kappa shape index (κ2) is 7.76. The summed E-state index contributed by atoms with van der Waals surface area (Å²) in [7, 11) is 1.73. The van der Waals surface area contributed by atoms with Crippen LogP contribution in [0.25, 0.3) is 0 Å². The first-order chi connectivity index (χ1) is 11.8. The van der Waals surface area contributed by atoms with Gasteiger partial charge in [-0.3, -0.25) is 5.32 Å². The Morgan fingerprint density at radius 3 is 2.56 bits per heavy atom. The van der Waals surface area contributed by atoms with E-state index >= 15 is 0 Å². The Morgan fingerprint density at radius 2 is 2.00 bits per heavy atom. The first-order valence-corrected chi connectivity index (χ1v) is 7.88. The number of nitrogens with one attached hydrogen (secondary N) is 4. The molecule has 132 valence electrons. The summed E-state index contributed by atoms with van der Waals surface area (Å²) in [6.07, 6.45) is 2.72. The van der Waals surface area contributed by atoms with Crippen molar-refractivity contribution in [2.75, 3.05) is 17.7 Å². The van der Waals surface area contributed by atoms with Crippen LogP contribution in [-0.4, -0.2) is 35.0 Å². The van der Waals surface area contributed by atoms with Gasteiger partial charge in [0.1, 0.15) is 5.82 Å². The molecule has 0 aliphatic carbocycles. The molecule has 1 aromatic carbocycles. The summed E-state index contributed by atoms with van der Waals surface area (Å²) in [4.78, 5) is 16.5. The fraction of sp³-hybridized carbons (Fsp3) is 0.278. The van der Waals surface area contributed by atoms with Crippen molar-refractivity contribution in [3.63, 3.8) is 0 Å². The van der Waals surface area contributed by atoms with E-state index in [-0.39, 0.29) is 0 Å². The summed E-state index contributed by atoms with van der Waals surface area (Å²) in [6.45, 7) is 3.27. The number of urea groups is 1. The molecule has 0 radical (unpaired) electrons. The summed E-state index contributed by atoms with van der Waals surface area (Å²) in [6, 6.07) is 9.77. The number of amides is 2. The molecule has 2 aromatic rings. The van der Waals surface area contributed by atoms with Crippen LogP contribution in [0.15, 0.2) is 42.6 Å². The van der Waals surface area contributed by atoms with Crippen LogP contribution in [0, 0.1) is 5.41 Å². The molecule has 0 aliphatic rings. The average Bonchev–Trinajstić information content (AvgIpc) is 2.59. The van der Waals surface area contributed by atoms with Crippen LogP contribution in [-0.2, 0) is 0 Å². The summed E-state index contributed by atoms with van der Waals surface area (Å²) < 4.78 is 0. The van der Waals surface area contributed by atoms with E-state index in [9.17, 15) is 9.90 Å². The highest BCUT2D eigenvalue weighted by Crippen LogP contribution is 2.25. The van der Waals surface area contributed by atoms with Gasteiger partial charge in [0.05, 0.1) is 23.5 Å². The van der Waals surface area contributed by atoms with Gasteiger partial charge in [0, 0.05) is 18.8 Å². The third kappa shape index (κ3) is 4.77. The van der Waals surface area contributed by atoms with Crippen LogP contribution in [0.1, 0.15) is 31.0 Å². The Labute approximate surface area is 147 Å². The Hall–Kier alpha value is -2.93. The lowest BCUT2D eigenvalue weighted by Gasteiger charge is -2.30. The van der Waals surface area contributed by atoms with E-state index in [1.54, 1.807) is 33.2 Å². The standard InChI is InChI=1S/C18H23N5O2/c1-18(2,25)16(12-7-5-4-6-8-12)23-17(24)22-15-9-13(10-19)14(20-3)11-21-15/h4-11,16,19-20,25H,1-3H3,(H2,21,22,23,24)/t16-/m0/s1. The molecule has 1 heterocycles. The monoisotopic (exact) mass is 341 g/mol. The largest absolute Gasteiger partial charge is 0.388 e. The summed E-state index contributed by atoms with van der Waals surface area (Å²) in [5, 5.41) is 26.2. The maximum atomic E-state index is 12.4. The van der Waals surface area contributed by atoms with Gasteiger partial charge >= 0.3 is 6.03 Å². The zero-order valence-electron chi connectivity index (χ0n) is 14.5. The van der Waals surface area contributed by atoms with Gasteiger partial charge in [0.15, 0.2) is 0 Å². The van der Waals surface area contributed by atoms with E-state index in [0.29, 0.717) is 17.1 Å². The number of hydrogen-bond donors (Lipinski definition) is 5. The number of aromatic nitrogens is 1. The molecule has 0 fully saturated rings. The zero-order chi connectivity index (χ0) is 18.4. The highest BCUT2D eigenvalue weighted by molar-refractivity contribution is 5.92. The number of carbonyl (C=O) groups is 1. The van der Waals surface area contributed by atoms with E-state index in [2.05, 4.69) is 20.9 Å². The molecule has 0 saturated heterocycles. The first kappa shape index (κ1) is 18.4. The Balaban J connectivity index is 2.16. The van der Waals surface area contributed by atoms with Crippen molar-refractivity contribution in [1.82, 2.24) is 10.3 Å². The number of benzene rings is 1. The number of rotatable bonds is 6. The van der Waals surface area contributed by atoms with E-state index in [1.807, 2.05) is 30.3 Å². The van der Waals surface area contributed by atoms with Crippen molar-refractivity contribution in [2.45, 2.75) is 25.5 Å². The van der Waals surface area contributed by atoms with Gasteiger partial charge in [-0.05, 0) is 25.5 Å². The average molecular weight is 341 g/mol. The summed E-state index contributed by atoms with van der Waals surface area (Å²) >= 11 is 0. The van der Waals surface area contributed by atoms with Crippen molar-refractivity contribution in [2.24, 2.45) is 0 Å². The first-order valence-electron chi connectivity index (χ1n) is 7.88. The molecule has 2 amide bonds. The van der Waals surface area contributed by atoms with Crippen molar-refractivity contribution < 1.29 is 9.90 Å². The van der Waals surface area contributed by atoms with Gasteiger partial charge in [-0.1, -0.05) is 30.3 Å². The van der Waals surface area contributed by atoms with Crippen LogP contribution in [0.2, 0.25) is 0 Å². The van der Waals surface area contributed by atoms with Crippen LogP contribution in [0.3, 0.4) is 0 Å². The summed E-state index contributed by atoms with van der Waals surface area (Å²) in [5.41, 5.74) is 0.945. The quantitative estimate of drug-likeness (QED) is 0.520. The third-order valence-corrected chi connectivity index (χ3v) is 3.72. The minimum absolute atomic E-state index is 0.317. The second-order valence-corrected chi connectivity index (χ2v) is 6.15. The molecule has 0 spiro atoms. The summed E-state index contributed by atoms with van der Waals surface area (Å²) in [5.74, 6) is 0.317. The fourth-order valence-corrected chi connectivity index (χ4v) is 2.46. The number of aliphatic hydroxyl groups is 1. The number of pyridine rings is 1. The van der Waals surface area contributed by atoms with E-state index in [0.717, 1.165) is 5.56 Å². The fourth-order valence-electron chi connectivity index (χ4n) is 2.46. The van der Waals surface area contributed by atoms with E-state index in [1.165, 1.54) is 6.21 Å². The normalized spacial score (nSPS) is 12.2. The third-order valence-electron chi connectivity index (χ3n) is 3.72. The molecule has 1 aromatic heterocycles. The number of hydrogen-bond acceptors (Lipinski definition) is 5. The maximum absolute atomic E-state index is 12.4. The van der Waals surface area contributed by atoms with Gasteiger partial charge in [0.25, 0.3) is 0 Å². The molecule has 0 unspecified atom stereocenters. The SMILES string of the molecule is CNc1cnc(NC(=O)N[C@@H](c2ccccc2)C(C)(C)O)cc1C=N. The molecule has 0 bridgehead atoms. The lowest BCUT2D eigenvalue weighted by atomic mass is 9.92. The molecule has 2 rings (SSSR count). The van der Waals surface area contributed by atoms with Crippen molar-refractivity contribution in [3.05, 3.63) is 53.7 Å². The molecule has 7 nitrogen and oxygen atoms in total. The van der Waals surface area contributed by atoms with Gasteiger partial charge in [-0.25, -0.2) is 9.78 Å². The van der Waals surface area contributed by atoms with Crippen LogP contribution in [0.5, 0.6) is 0 Å². The van der Waals surface area contributed by atoms with Crippen molar-refractivity contribution >= 4 is 23.8 Å². The Bertz CT molecular complexity index is 741. The highest BCUT2D eigenvalue weighted by atomic mass is 16.3. The van der Waals surface area contributed by atoms with Crippen LogP contribution < -0.4 is 16.0 Å². The Kier molecular flexibility index (Phi) is 5.71. The lowest BCUT2D eigenvalue weighted by Crippen LogP contribution is -2.43. The molecule has 1 atom stereocenters. The minimum Gasteiger partial charge on any atom is -0.388 e. The van der Waals surface area contributed by atoms with Gasteiger partial charge < -0.3 is 21.1 Å². The van der Waals surface area contributed by atoms with E-state index in [4.69, 9.17) is 5.41 Å². The molecule has 5 N–H and O–H groups in total. The van der Waals surface area contributed by atoms with Crippen LogP contribution in [0.4, 0.5) is 16.3 Å². The zero-order valence-corrected chi connectivity index (χ0v) is 14.5. The van der Waals surface area contributed by atoms with Crippen molar-refractivity contribution in [3.8, 4) is 0 Å². The topological polar surface area (TPSA) is 110 Å². The second-order valence-electron chi connectivity index (χ2n) is 6.15. The highest BCUT2D eigenvalue weighted by Gasteiger charge is 2.29. The number of carbonyl (C=O) groups excluding carboxylic acids is 1. The van der Waals surface area contributed by atoms with Gasteiger partial charge in [-0.15, -0.1) is 0 Å².